The van der Waals surface area contributed by atoms with E-state index in [4.69, 9.17) is 0 Å². The number of fused-ring (bicyclic) bond motifs is 1. The number of nitrogens with zero attached hydrogens (tertiary/aromatic N) is 4. The van der Waals surface area contributed by atoms with Crippen LogP contribution in [0.25, 0.3) is 11.0 Å². The Morgan fingerprint density at radius 2 is 2.09 bits per heavy atom. The largest absolute Gasteiger partial charge is 0.468 e. The van der Waals surface area contributed by atoms with Crippen molar-refractivity contribution in [1.29, 1.82) is 0 Å². The van der Waals surface area contributed by atoms with E-state index in [0.717, 1.165) is 21.6 Å². The maximum atomic E-state index is 11.3. The van der Waals surface area contributed by atoms with Crippen molar-refractivity contribution < 1.29 is 9.53 Å². The van der Waals surface area contributed by atoms with Gasteiger partial charge in [-0.05, 0) is 5.56 Å². The summed E-state index contributed by atoms with van der Waals surface area (Å²) in [6.45, 7) is 0.641. The van der Waals surface area contributed by atoms with Gasteiger partial charge < -0.3 is 4.74 Å². The highest BCUT2D eigenvalue weighted by Crippen LogP contribution is 2.24. The standard InChI is InChI=1S/C15H14N4O2S/c1-21-13(20)9-22-15-12-7-18-19(14(12)16-10-17-15)8-11-5-3-2-4-6-11/h2-7,10H,8-9H2,1H3. The molecule has 0 N–H and O–H groups in total. The highest BCUT2D eigenvalue weighted by Gasteiger charge is 2.12. The zero-order valence-corrected chi connectivity index (χ0v) is 12.8. The van der Waals surface area contributed by atoms with Gasteiger partial charge in [0.05, 0.1) is 31.0 Å². The summed E-state index contributed by atoms with van der Waals surface area (Å²) in [6.07, 6.45) is 3.23. The third kappa shape index (κ3) is 3.09. The molecule has 3 rings (SSSR count). The van der Waals surface area contributed by atoms with Gasteiger partial charge in [0.15, 0.2) is 5.65 Å². The first-order valence-corrected chi connectivity index (χ1v) is 7.66. The van der Waals surface area contributed by atoms with Crippen molar-refractivity contribution in [2.45, 2.75) is 11.6 Å². The molecular weight excluding hydrogens is 300 g/mol. The lowest BCUT2D eigenvalue weighted by molar-refractivity contribution is -0.137. The predicted octanol–water partition coefficient (Wildman–Crippen LogP) is 2.14. The van der Waals surface area contributed by atoms with Crippen molar-refractivity contribution in [2.75, 3.05) is 12.9 Å². The number of rotatable bonds is 5. The number of carbonyl (C=O) groups is 1. The maximum Gasteiger partial charge on any atom is 0.316 e. The Morgan fingerprint density at radius 3 is 2.86 bits per heavy atom. The fourth-order valence-corrected chi connectivity index (χ4v) is 2.84. The third-order valence-electron chi connectivity index (χ3n) is 3.13. The number of aromatic nitrogens is 4. The fraction of sp³-hybridized carbons (Fsp3) is 0.200. The Hall–Kier alpha value is -2.41. The van der Waals surface area contributed by atoms with E-state index in [1.165, 1.54) is 25.2 Å². The molecule has 0 aliphatic rings. The molecule has 1 aromatic carbocycles. The molecule has 6 nitrogen and oxygen atoms in total. The number of benzene rings is 1. The summed E-state index contributed by atoms with van der Waals surface area (Å²) in [4.78, 5) is 19.8. The third-order valence-corrected chi connectivity index (χ3v) is 4.11. The van der Waals surface area contributed by atoms with Crippen LogP contribution in [0.5, 0.6) is 0 Å². The van der Waals surface area contributed by atoms with Gasteiger partial charge in [0.1, 0.15) is 11.4 Å². The number of hydrogen-bond donors (Lipinski definition) is 0. The highest BCUT2D eigenvalue weighted by atomic mass is 32.2. The lowest BCUT2D eigenvalue weighted by Gasteiger charge is -2.04. The van der Waals surface area contributed by atoms with Gasteiger partial charge in [-0.15, -0.1) is 0 Å². The summed E-state index contributed by atoms with van der Waals surface area (Å²) in [7, 11) is 1.37. The number of methoxy groups -OCH3 is 1. The molecule has 0 atom stereocenters. The molecule has 0 saturated carbocycles. The fourth-order valence-electron chi connectivity index (χ4n) is 2.04. The Labute approximate surface area is 131 Å². The lowest BCUT2D eigenvalue weighted by atomic mass is 10.2. The van der Waals surface area contributed by atoms with Gasteiger partial charge in [-0.3, -0.25) is 4.79 Å². The van der Waals surface area contributed by atoms with Crippen molar-refractivity contribution in [3.63, 3.8) is 0 Å². The van der Waals surface area contributed by atoms with Gasteiger partial charge in [0.2, 0.25) is 0 Å². The maximum absolute atomic E-state index is 11.3. The zero-order valence-electron chi connectivity index (χ0n) is 12.0. The molecule has 0 spiro atoms. The van der Waals surface area contributed by atoms with E-state index >= 15 is 0 Å². The number of thioether (sulfide) groups is 1. The minimum atomic E-state index is -0.284. The second-order valence-corrected chi connectivity index (χ2v) is 5.53. The molecule has 0 amide bonds. The van der Waals surface area contributed by atoms with Crippen LogP contribution in [0.3, 0.4) is 0 Å². The normalized spacial score (nSPS) is 10.8. The first-order chi connectivity index (χ1) is 10.8. The summed E-state index contributed by atoms with van der Waals surface area (Å²) < 4.78 is 6.47. The molecule has 0 aliphatic heterocycles. The molecule has 7 heteroatoms. The van der Waals surface area contributed by atoms with Crippen LogP contribution in [-0.4, -0.2) is 38.6 Å². The van der Waals surface area contributed by atoms with Crippen molar-refractivity contribution in [2.24, 2.45) is 0 Å². The van der Waals surface area contributed by atoms with Crippen LogP contribution in [0.2, 0.25) is 0 Å². The van der Waals surface area contributed by atoms with Crippen LogP contribution in [0.4, 0.5) is 0 Å². The molecule has 2 aromatic heterocycles. The van der Waals surface area contributed by atoms with E-state index in [1.807, 2.05) is 35.0 Å². The molecule has 0 aliphatic carbocycles. The first kappa shape index (κ1) is 14.5. The average molecular weight is 314 g/mol. The minimum absolute atomic E-state index is 0.215. The van der Waals surface area contributed by atoms with E-state index in [0.29, 0.717) is 6.54 Å². The lowest BCUT2D eigenvalue weighted by Crippen LogP contribution is -2.04. The van der Waals surface area contributed by atoms with Crippen LogP contribution in [0.1, 0.15) is 5.56 Å². The topological polar surface area (TPSA) is 69.9 Å². The molecule has 0 unspecified atom stereocenters. The van der Waals surface area contributed by atoms with Gasteiger partial charge in [-0.1, -0.05) is 42.1 Å². The molecule has 0 radical (unpaired) electrons. The number of carbonyl (C=O) groups excluding carboxylic acids is 1. The minimum Gasteiger partial charge on any atom is -0.468 e. The summed E-state index contributed by atoms with van der Waals surface area (Å²) in [6, 6.07) is 10.1. The Bertz CT molecular complexity index is 789. The zero-order chi connectivity index (χ0) is 15.4. The van der Waals surface area contributed by atoms with E-state index < -0.39 is 0 Å². The average Bonchev–Trinajstić information content (AvgIpc) is 2.97. The smallest absolute Gasteiger partial charge is 0.316 e. The Morgan fingerprint density at radius 1 is 1.27 bits per heavy atom. The predicted molar refractivity (Wildman–Crippen MR) is 83.6 cm³/mol. The van der Waals surface area contributed by atoms with Gasteiger partial charge in [-0.25, -0.2) is 14.6 Å². The number of ether oxygens (including phenoxy) is 1. The van der Waals surface area contributed by atoms with Crippen LogP contribution in [0, 0.1) is 0 Å². The monoisotopic (exact) mass is 314 g/mol. The van der Waals surface area contributed by atoms with E-state index in [9.17, 15) is 4.79 Å². The number of esters is 1. The second kappa shape index (κ2) is 6.57. The van der Waals surface area contributed by atoms with Crippen LogP contribution in [0.15, 0.2) is 47.9 Å². The molecule has 0 bridgehead atoms. The van der Waals surface area contributed by atoms with Crippen LogP contribution >= 0.6 is 11.8 Å². The molecule has 0 saturated heterocycles. The molecule has 0 fully saturated rings. The van der Waals surface area contributed by atoms with Crippen molar-refractivity contribution in [3.8, 4) is 0 Å². The van der Waals surface area contributed by atoms with Gasteiger partial charge in [0.25, 0.3) is 0 Å². The first-order valence-electron chi connectivity index (χ1n) is 6.68. The Kier molecular flexibility index (Phi) is 4.34. The van der Waals surface area contributed by atoms with E-state index in [1.54, 1.807) is 6.20 Å². The van der Waals surface area contributed by atoms with Crippen molar-refractivity contribution in [1.82, 2.24) is 19.7 Å². The molecule has 2 heterocycles. The quantitative estimate of drug-likeness (QED) is 0.408. The second-order valence-electron chi connectivity index (χ2n) is 4.57. The van der Waals surface area contributed by atoms with Gasteiger partial charge in [0, 0.05) is 0 Å². The van der Waals surface area contributed by atoms with Crippen LogP contribution < -0.4 is 0 Å². The van der Waals surface area contributed by atoms with Crippen molar-refractivity contribution in [3.05, 3.63) is 48.4 Å². The van der Waals surface area contributed by atoms with E-state index in [2.05, 4.69) is 19.8 Å². The Balaban J connectivity index is 1.87. The number of hydrogen-bond acceptors (Lipinski definition) is 6. The SMILES string of the molecule is COC(=O)CSc1ncnc2c1cnn2Cc1ccccc1. The van der Waals surface area contributed by atoms with E-state index in [-0.39, 0.29) is 11.7 Å². The van der Waals surface area contributed by atoms with Crippen molar-refractivity contribution >= 4 is 28.8 Å². The highest BCUT2D eigenvalue weighted by molar-refractivity contribution is 8.00. The van der Waals surface area contributed by atoms with Gasteiger partial charge in [-0.2, -0.15) is 5.10 Å². The van der Waals surface area contributed by atoms with Crippen LogP contribution in [-0.2, 0) is 16.1 Å². The summed E-state index contributed by atoms with van der Waals surface area (Å²) >= 11 is 1.32. The summed E-state index contributed by atoms with van der Waals surface area (Å²) in [5.74, 6) is -0.0691. The van der Waals surface area contributed by atoms with Gasteiger partial charge >= 0.3 is 5.97 Å². The summed E-state index contributed by atoms with van der Waals surface area (Å²) in [5, 5.41) is 5.95. The summed E-state index contributed by atoms with van der Waals surface area (Å²) in [5.41, 5.74) is 1.90. The molecular formula is C15H14N4O2S. The molecule has 3 aromatic rings. The molecule has 22 heavy (non-hydrogen) atoms. The molecule has 112 valence electrons.